The zero-order valence-electron chi connectivity index (χ0n) is 5.50. The fourth-order valence-electron chi connectivity index (χ4n) is 0.389. The van der Waals surface area contributed by atoms with Crippen molar-refractivity contribution in [3.8, 4) is 0 Å². The second-order valence-corrected chi connectivity index (χ2v) is 8.96. The Morgan fingerprint density at radius 3 is 2.00 bits per heavy atom. The molecule has 0 fully saturated rings. The summed E-state index contributed by atoms with van der Waals surface area (Å²) in [5.74, 6) is 0. The fraction of sp³-hybridized carbons (Fsp3) is 1.00. The molecule has 0 aliphatic heterocycles. The van der Waals surface area contributed by atoms with Crippen LogP contribution in [-0.2, 0) is 0 Å². The predicted octanol–water partition coefficient (Wildman–Crippen LogP) is 1.85. The molecule has 0 aromatic heterocycles. The van der Waals surface area contributed by atoms with Gasteiger partial charge in [-0.25, -0.2) is 0 Å². The maximum Gasteiger partial charge on any atom is 0.238 e. The number of halogens is 3. The lowest BCUT2D eigenvalue weighted by atomic mass is 10.2. The van der Waals surface area contributed by atoms with Crippen LogP contribution in [0.5, 0.6) is 0 Å². The van der Waals surface area contributed by atoms with Crippen LogP contribution < -0.4 is 0 Å². The summed E-state index contributed by atoms with van der Waals surface area (Å²) in [7, 11) is 0. The van der Waals surface area contributed by atoms with Crippen LogP contribution in [0.15, 0.2) is 0 Å². The van der Waals surface area contributed by atoms with Gasteiger partial charge in [0.05, 0.1) is 0 Å². The second kappa shape index (κ2) is 4.15. The number of hydrogen-bond acceptors (Lipinski definition) is 3. The van der Waals surface area contributed by atoms with Gasteiger partial charge in [0.15, 0.2) is 8.25 Å². The van der Waals surface area contributed by atoms with Gasteiger partial charge in [-0.2, -0.15) is 0 Å². The third-order valence-corrected chi connectivity index (χ3v) is 2.53. The highest BCUT2D eigenvalue weighted by atomic mass is 80.0. The molecule has 4 nitrogen and oxygen atoms in total. The summed E-state index contributed by atoms with van der Waals surface area (Å²) in [6.07, 6.45) is -1.14. The molecule has 0 rings (SSSR count). The molecule has 0 aromatic rings. The van der Waals surface area contributed by atoms with E-state index >= 15 is 0 Å². The number of aliphatic hydroxyl groups excluding tert-OH is 1. The van der Waals surface area contributed by atoms with Crippen LogP contribution in [0.3, 0.4) is 0 Å². The van der Waals surface area contributed by atoms with Gasteiger partial charge in [0, 0.05) is 11.8 Å². The van der Waals surface area contributed by atoms with Crippen LogP contribution in [0.2, 0.25) is 0 Å². The minimum Gasteiger partial charge on any atom is -0.383 e. The zero-order valence-corrected chi connectivity index (χ0v) is 10.3. The van der Waals surface area contributed by atoms with E-state index in [1.165, 1.54) is 6.92 Å². The van der Waals surface area contributed by atoms with Gasteiger partial charge < -0.3 is 5.11 Å². The third kappa shape index (κ3) is 3.82. The van der Waals surface area contributed by atoms with Crippen molar-refractivity contribution in [2.24, 2.45) is 0 Å². The summed E-state index contributed by atoms with van der Waals surface area (Å²) in [6, 6.07) is -1.03. The van der Waals surface area contributed by atoms with Gasteiger partial charge in [-0.3, -0.25) is 10.1 Å². The monoisotopic (exact) mass is 353 g/mol. The van der Waals surface area contributed by atoms with E-state index in [4.69, 9.17) is 0 Å². The summed E-state index contributed by atoms with van der Waals surface area (Å²) >= 11 is 8.98. The highest BCUT2D eigenvalue weighted by molar-refractivity contribution is 9.39. The molecule has 0 saturated carbocycles. The summed E-state index contributed by atoms with van der Waals surface area (Å²) in [5.41, 5.74) is 0. The minimum atomic E-state index is -1.14. The first-order chi connectivity index (χ1) is 4.76. The van der Waals surface area contributed by atoms with Gasteiger partial charge in [0.25, 0.3) is 0 Å². The van der Waals surface area contributed by atoms with Gasteiger partial charge in [0.1, 0.15) is 0 Å². The van der Waals surface area contributed by atoms with E-state index in [-0.39, 0.29) is 0 Å². The standard InChI is InChI=1S/C4H6Br3NO3/c1-2(8(10)11)3(9)4(5,6)7/h2-3,9H,1H3/t2-,3+/m0/s1. The summed E-state index contributed by atoms with van der Waals surface area (Å²) < 4.78 is -0.987. The first kappa shape index (κ1) is 11.8. The van der Waals surface area contributed by atoms with Crippen molar-refractivity contribution in [2.75, 3.05) is 0 Å². The number of alkyl halides is 3. The maximum atomic E-state index is 10.2. The van der Waals surface area contributed by atoms with Crippen molar-refractivity contribution in [1.82, 2.24) is 0 Å². The summed E-state index contributed by atoms with van der Waals surface area (Å²) in [5, 5.41) is 19.4. The topological polar surface area (TPSA) is 63.4 Å². The molecule has 2 atom stereocenters. The van der Waals surface area contributed by atoms with Crippen LogP contribution >= 0.6 is 47.8 Å². The fourth-order valence-corrected chi connectivity index (χ4v) is 1.54. The Kier molecular flexibility index (Phi) is 4.46. The van der Waals surface area contributed by atoms with Crippen LogP contribution in [0.4, 0.5) is 0 Å². The molecule has 7 heteroatoms. The molecular formula is C4H6Br3NO3. The Balaban J connectivity index is 4.25. The Morgan fingerprint density at radius 2 is 1.91 bits per heavy atom. The molecule has 0 aliphatic rings. The zero-order chi connectivity index (χ0) is 9.23. The van der Waals surface area contributed by atoms with Gasteiger partial charge in [-0.05, 0) is 0 Å². The first-order valence-electron chi connectivity index (χ1n) is 2.65. The molecule has 0 saturated heterocycles. The van der Waals surface area contributed by atoms with Crippen molar-refractivity contribution >= 4 is 47.8 Å². The maximum absolute atomic E-state index is 10.2. The number of nitro groups is 1. The van der Waals surface area contributed by atoms with Crippen molar-refractivity contribution in [1.29, 1.82) is 0 Å². The number of hydrogen-bond donors (Lipinski definition) is 1. The molecule has 66 valence electrons. The number of aliphatic hydroxyl groups is 1. The van der Waals surface area contributed by atoms with Gasteiger partial charge >= 0.3 is 0 Å². The molecule has 0 spiro atoms. The van der Waals surface area contributed by atoms with E-state index in [1.54, 1.807) is 0 Å². The molecule has 0 aliphatic carbocycles. The van der Waals surface area contributed by atoms with Gasteiger partial charge in [-0.15, -0.1) is 0 Å². The first-order valence-corrected chi connectivity index (χ1v) is 5.03. The average molecular weight is 356 g/mol. The van der Waals surface area contributed by atoms with Gasteiger partial charge in [0.2, 0.25) is 6.04 Å². The minimum absolute atomic E-state index is 0.552. The average Bonchev–Trinajstić information content (AvgIpc) is 1.82. The van der Waals surface area contributed by atoms with Crippen LogP contribution in [0, 0.1) is 10.1 Å². The quantitative estimate of drug-likeness (QED) is 0.467. The lowest BCUT2D eigenvalue weighted by Crippen LogP contribution is -2.39. The SMILES string of the molecule is C[C@@H]([C@@H](O)C(Br)(Br)Br)[N+](=O)[O-]. The van der Waals surface area contributed by atoms with Crippen LogP contribution in [-0.4, -0.2) is 24.3 Å². The van der Waals surface area contributed by atoms with Crippen molar-refractivity contribution in [3.63, 3.8) is 0 Å². The molecule has 0 aromatic carbocycles. The van der Waals surface area contributed by atoms with Crippen LogP contribution in [0.1, 0.15) is 6.92 Å². The molecule has 0 radical (unpaired) electrons. The molecule has 0 amide bonds. The Labute approximate surface area is 88.9 Å². The van der Waals surface area contributed by atoms with Crippen LogP contribution in [0.25, 0.3) is 0 Å². The molecule has 11 heavy (non-hydrogen) atoms. The Morgan fingerprint density at radius 1 is 1.55 bits per heavy atom. The van der Waals surface area contributed by atoms with E-state index in [0.717, 1.165) is 0 Å². The van der Waals surface area contributed by atoms with E-state index < -0.39 is 19.2 Å². The molecule has 0 unspecified atom stereocenters. The lowest BCUT2D eigenvalue weighted by molar-refractivity contribution is -0.529. The predicted molar refractivity (Wildman–Crippen MR) is 52.0 cm³/mol. The number of nitrogens with zero attached hydrogens (tertiary/aromatic N) is 1. The highest BCUT2D eigenvalue weighted by Gasteiger charge is 2.39. The molecular weight excluding hydrogens is 350 g/mol. The highest BCUT2D eigenvalue weighted by Crippen LogP contribution is 2.38. The lowest BCUT2D eigenvalue weighted by Gasteiger charge is -2.20. The number of rotatable bonds is 2. The third-order valence-electron chi connectivity index (χ3n) is 1.12. The Hall–Kier alpha value is 0.800. The second-order valence-electron chi connectivity index (χ2n) is 2.01. The van der Waals surface area contributed by atoms with Crippen molar-refractivity contribution < 1.29 is 10.0 Å². The van der Waals surface area contributed by atoms with E-state index in [9.17, 15) is 15.2 Å². The van der Waals surface area contributed by atoms with Crippen molar-refractivity contribution in [2.45, 2.75) is 21.2 Å². The Bertz CT molecular complexity index is 157. The van der Waals surface area contributed by atoms with E-state index in [0.29, 0.717) is 0 Å². The molecule has 0 heterocycles. The van der Waals surface area contributed by atoms with E-state index in [1.807, 2.05) is 0 Å². The normalized spacial score (nSPS) is 17.5. The van der Waals surface area contributed by atoms with Gasteiger partial charge in [-0.1, -0.05) is 47.8 Å². The largest absolute Gasteiger partial charge is 0.383 e. The molecule has 1 N–H and O–H groups in total. The summed E-state index contributed by atoms with van der Waals surface area (Å²) in [6.45, 7) is 1.32. The smallest absolute Gasteiger partial charge is 0.238 e. The van der Waals surface area contributed by atoms with Crippen molar-refractivity contribution in [3.05, 3.63) is 10.1 Å². The molecule has 0 bridgehead atoms. The van der Waals surface area contributed by atoms with E-state index in [2.05, 4.69) is 47.8 Å². The summed E-state index contributed by atoms with van der Waals surface area (Å²) in [4.78, 5) is 9.62.